The lowest BCUT2D eigenvalue weighted by molar-refractivity contribution is 0.100. The number of benzene rings is 1. The maximum Gasteiger partial charge on any atom is 0.250 e. The molecule has 0 aliphatic rings. The van der Waals surface area contributed by atoms with Crippen molar-refractivity contribution in [3.05, 3.63) is 22.7 Å². The Morgan fingerprint density at radius 1 is 1.39 bits per heavy atom. The Labute approximate surface area is 113 Å². The van der Waals surface area contributed by atoms with Crippen LogP contribution in [0.3, 0.4) is 0 Å². The zero-order chi connectivity index (χ0) is 13.7. The van der Waals surface area contributed by atoms with Crippen LogP contribution >= 0.6 is 11.6 Å². The number of unbranched alkanes of at least 4 members (excludes halogenated alkanes) is 2. The number of nitrogen functional groups attached to an aromatic ring is 1. The van der Waals surface area contributed by atoms with Crippen molar-refractivity contribution in [3.63, 3.8) is 0 Å². The van der Waals surface area contributed by atoms with Crippen molar-refractivity contribution >= 4 is 28.9 Å². The number of amides is 1. The van der Waals surface area contributed by atoms with Crippen LogP contribution in [0.1, 0.15) is 36.5 Å². The fourth-order valence-corrected chi connectivity index (χ4v) is 2.28. The molecule has 0 unspecified atom stereocenters. The maximum absolute atomic E-state index is 11.4. The van der Waals surface area contributed by atoms with Gasteiger partial charge in [0.1, 0.15) is 0 Å². The molecule has 0 aromatic heterocycles. The van der Waals surface area contributed by atoms with E-state index in [-0.39, 0.29) is 0 Å². The second-order valence-electron chi connectivity index (χ2n) is 4.39. The number of rotatable bonds is 6. The van der Waals surface area contributed by atoms with Crippen LogP contribution in [0.4, 0.5) is 11.4 Å². The van der Waals surface area contributed by atoms with Gasteiger partial charge in [0.05, 0.1) is 16.3 Å². The summed E-state index contributed by atoms with van der Waals surface area (Å²) in [6.07, 6.45) is 3.33. The van der Waals surface area contributed by atoms with Crippen LogP contribution in [0.5, 0.6) is 0 Å². The van der Waals surface area contributed by atoms with Crippen molar-refractivity contribution < 1.29 is 4.79 Å². The summed E-state index contributed by atoms with van der Waals surface area (Å²) in [7, 11) is 1.90. The summed E-state index contributed by atoms with van der Waals surface area (Å²) in [5, 5.41) is 0.461. The van der Waals surface area contributed by atoms with Crippen molar-refractivity contribution in [3.8, 4) is 0 Å². The van der Waals surface area contributed by atoms with Gasteiger partial charge in [-0.15, -0.1) is 0 Å². The average molecular weight is 270 g/mol. The molecule has 0 saturated carbocycles. The number of carbonyl (C=O) groups excluding carboxylic acids is 1. The lowest BCUT2D eigenvalue weighted by Crippen LogP contribution is -2.24. The molecule has 4 N–H and O–H groups in total. The van der Waals surface area contributed by atoms with Gasteiger partial charge in [0.15, 0.2) is 0 Å². The van der Waals surface area contributed by atoms with E-state index in [0.29, 0.717) is 22.0 Å². The summed E-state index contributed by atoms with van der Waals surface area (Å²) in [5.74, 6) is -0.512. The van der Waals surface area contributed by atoms with Crippen LogP contribution in [0.2, 0.25) is 5.02 Å². The van der Waals surface area contributed by atoms with Crippen molar-refractivity contribution in [2.45, 2.75) is 26.2 Å². The Hall–Kier alpha value is -1.42. The highest BCUT2D eigenvalue weighted by Crippen LogP contribution is 2.31. The molecule has 0 aliphatic heterocycles. The van der Waals surface area contributed by atoms with Crippen LogP contribution in [0.25, 0.3) is 0 Å². The van der Waals surface area contributed by atoms with E-state index < -0.39 is 5.91 Å². The van der Waals surface area contributed by atoms with Gasteiger partial charge in [0.2, 0.25) is 0 Å². The zero-order valence-electron chi connectivity index (χ0n) is 10.9. The average Bonchev–Trinajstić information content (AvgIpc) is 2.27. The molecule has 1 aromatic rings. The number of anilines is 2. The summed E-state index contributed by atoms with van der Waals surface area (Å²) >= 11 is 6.16. The fraction of sp³-hybridized carbons (Fsp3) is 0.462. The predicted octanol–water partition coefficient (Wildman–Crippen LogP) is 2.65. The molecule has 18 heavy (non-hydrogen) atoms. The summed E-state index contributed by atoms with van der Waals surface area (Å²) < 4.78 is 0. The Kier molecular flexibility index (Phi) is 5.28. The molecule has 1 rings (SSSR count). The minimum Gasteiger partial charge on any atom is -0.399 e. The second-order valence-corrected chi connectivity index (χ2v) is 4.80. The van der Waals surface area contributed by atoms with Crippen molar-refractivity contribution in [1.82, 2.24) is 0 Å². The van der Waals surface area contributed by atoms with Crippen LogP contribution in [-0.4, -0.2) is 19.5 Å². The minimum atomic E-state index is -0.512. The maximum atomic E-state index is 11.4. The van der Waals surface area contributed by atoms with E-state index in [1.807, 2.05) is 11.9 Å². The third-order valence-electron chi connectivity index (χ3n) is 2.83. The molecular formula is C13H20ClN3O. The van der Waals surface area contributed by atoms with Gasteiger partial charge < -0.3 is 16.4 Å². The largest absolute Gasteiger partial charge is 0.399 e. The summed E-state index contributed by atoms with van der Waals surface area (Å²) in [6, 6.07) is 3.21. The predicted molar refractivity (Wildman–Crippen MR) is 77.2 cm³/mol. The molecule has 0 saturated heterocycles. The quantitative estimate of drug-likeness (QED) is 0.616. The molecule has 0 fully saturated rings. The molecule has 5 heteroatoms. The molecule has 0 aliphatic carbocycles. The van der Waals surface area contributed by atoms with Crippen molar-refractivity contribution in [2.24, 2.45) is 5.73 Å². The molecular weight excluding hydrogens is 250 g/mol. The SMILES string of the molecule is CCCCCN(C)c1c(Cl)cc(N)cc1C(N)=O. The van der Waals surface area contributed by atoms with E-state index in [1.165, 1.54) is 0 Å². The van der Waals surface area contributed by atoms with Crippen LogP contribution in [-0.2, 0) is 0 Å². The van der Waals surface area contributed by atoms with E-state index in [0.717, 1.165) is 25.8 Å². The first-order valence-corrected chi connectivity index (χ1v) is 6.45. The number of hydrogen-bond acceptors (Lipinski definition) is 3. The van der Waals surface area contributed by atoms with Crippen LogP contribution < -0.4 is 16.4 Å². The van der Waals surface area contributed by atoms with E-state index in [2.05, 4.69) is 6.92 Å². The number of halogens is 1. The monoisotopic (exact) mass is 269 g/mol. The third-order valence-corrected chi connectivity index (χ3v) is 3.12. The van der Waals surface area contributed by atoms with Crippen LogP contribution in [0, 0.1) is 0 Å². The number of hydrogen-bond donors (Lipinski definition) is 2. The van der Waals surface area contributed by atoms with E-state index in [4.69, 9.17) is 23.1 Å². The Morgan fingerprint density at radius 3 is 2.61 bits per heavy atom. The van der Waals surface area contributed by atoms with Gasteiger partial charge >= 0.3 is 0 Å². The van der Waals surface area contributed by atoms with Crippen molar-refractivity contribution in [2.75, 3.05) is 24.2 Å². The molecule has 0 bridgehead atoms. The second kappa shape index (κ2) is 6.50. The van der Waals surface area contributed by atoms with Gasteiger partial charge in [-0.3, -0.25) is 4.79 Å². The molecule has 0 heterocycles. The Bertz CT molecular complexity index is 434. The van der Waals surface area contributed by atoms with E-state index in [9.17, 15) is 4.79 Å². The number of nitrogens with zero attached hydrogens (tertiary/aromatic N) is 1. The summed E-state index contributed by atoms with van der Waals surface area (Å²) in [6.45, 7) is 2.97. The van der Waals surface area contributed by atoms with Gasteiger partial charge in [-0.05, 0) is 18.6 Å². The van der Waals surface area contributed by atoms with E-state index >= 15 is 0 Å². The fourth-order valence-electron chi connectivity index (χ4n) is 1.91. The standard InChI is InChI=1S/C13H20ClN3O/c1-3-4-5-6-17(2)12-10(13(16)18)7-9(15)8-11(12)14/h7-8H,3-6,15H2,1-2H3,(H2,16,18). The highest BCUT2D eigenvalue weighted by Gasteiger charge is 2.16. The first-order valence-electron chi connectivity index (χ1n) is 6.07. The molecule has 0 radical (unpaired) electrons. The first kappa shape index (κ1) is 14.6. The van der Waals surface area contributed by atoms with Crippen LogP contribution in [0.15, 0.2) is 12.1 Å². The first-order chi connectivity index (χ1) is 8.47. The Morgan fingerprint density at radius 2 is 2.06 bits per heavy atom. The molecule has 0 atom stereocenters. The van der Waals surface area contributed by atoms with Gasteiger partial charge in [-0.25, -0.2) is 0 Å². The molecule has 1 amide bonds. The molecule has 4 nitrogen and oxygen atoms in total. The Balaban J connectivity index is 3.02. The number of carbonyl (C=O) groups is 1. The topological polar surface area (TPSA) is 72.3 Å². The lowest BCUT2D eigenvalue weighted by Gasteiger charge is -2.23. The summed E-state index contributed by atoms with van der Waals surface area (Å²) in [5.41, 5.74) is 12.5. The number of nitrogens with two attached hydrogens (primary N) is 2. The van der Waals surface area contributed by atoms with Crippen molar-refractivity contribution in [1.29, 1.82) is 0 Å². The third kappa shape index (κ3) is 3.53. The highest BCUT2D eigenvalue weighted by molar-refractivity contribution is 6.34. The summed E-state index contributed by atoms with van der Waals surface area (Å²) in [4.78, 5) is 13.4. The number of primary amides is 1. The minimum absolute atomic E-state index is 0.374. The van der Waals surface area contributed by atoms with Gasteiger partial charge in [0.25, 0.3) is 5.91 Å². The smallest absolute Gasteiger partial charge is 0.250 e. The van der Waals surface area contributed by atoms with Gasteiger partial charge in [0, 0.05) is 19.3 Å². The van der Waals surface area contributed by atoms with Gasteiger partial charge in [-0.1, -0.05) is 31.4 Å². The molecule has 1 aromatic carbocycles. The molecule has 100 valence electrons. The van der Waals surface area contributed by atoms with Gasteiger partial charge in [-0.2, -0.15) is 0 Å². The zero-order valence-corrected chi connectivity index (χ0v) is 11.6. The normalized spacial score (nSPS) is 10.4. The molecule has 0 spiro atoms. The highest BCUT2D eigenvalue weighted by atomic mass is 35.5. The lowest BCUT2D eigenvalue weighted by atomic mass is 10.1. The van der Waals surface area contributed by atoms with E-state index in [1.54, 1.807) is 12.1 Å².